The average Bonchev–Trinajstić information content (AvgIpc) is 2.16. The Bertz CT molecular complexity index is 418. The lowest BCUT2D eigenvalue weighted by atomic mass is 9.77. The lowest BCUT2D eigenvalue weighted by Crippen LogP contribution is -2.19. The van der Waals surface area contributed by atoms with Crippen LogP contribution in [0.5, 0.6) is 5.75 Å². The number of hydrogen-bond donors (Lipinski definition) is 0. The minimum absolute atomic E-state index is 0.226. The molecule has 1 rings (SSSR count). The number of halogens is 4. The van der Waals surface area contributed by atoms with Gasteiger partial charge in [0.1, 0.15) is 11.6 Å². The summed E-state index contributed by atoms with van der Waals surface area (Å²) in [5.41, 5.74) is -0.0261. The van der Waals surface area contributed by atoms with Crippen molar-refractivity contribution in [2.24, 2.45) is 5.41 Å². The first kappa shape index (κ1) is 14.8. The number of rotatable bonds is 2. The highest BCUT2D eigenvalue weighted by Crippen LogP contribution is 2.37. The average molecular weight is 264 g/mol. The first-order valence-corrected chi connectivity index (χ1v) is 5.56. The van der Waals surface area contributed by atoms with Crippen LogP contribution in [0.1, 0.15) is 39.2 Å². The molecule has 1 nitrogen and oxygen atoms in total. The Labute approximate surface area is 104 Å². The van der Waals surface area contributed by atoms with Crippen molar-refractivity contribution in [1.82, 2.24) is 0 Å². The molecule has 1 atom stereocenters. The molecule has 0 fully saturated rings. The van der Waals surface area contributed by atoms with E-state index in [0.717, 1.165) is 18.2 Å². The molecular formula is C13H16F4O. The molecule has 5 heteroatoms. The number of benzene rings is 1. The summed E-state index contributed by atoms with van der Waals surface area (Å²) in [6.07, 6.45) is -4.76. The predicted octanol–water partition coefficient (Wildman–Crippen LogP) is 4.87. The van der Waals surface area contributed by atoms with E-state index >= 15 is 0 Å². The van der Waals surface area contributed by atoms with Crippen LogP contribution in [0.15, 0.2) is 18.2 Å². The second kappa shape index (κ2) is 4.78. The monoisotopic (exact) mass is 264 g/mol. The van der Waals surface area contributed by atoms with Gasteiger partial charge in [-0.1, -0.05) is 27.7 Å². The lowest BCUT2D eigenvalue weighted by molar-refractivity contribution is -0.274. The molecule has 18 heavy (non-hydrogen) atoms. The quantitative estimate of drug-likeness (QED) is 0.692. The normalized spacial score (nSPS) is 14.4. The molecule has 0 bridgehead atoms. The molecule has 102 valence electrons. The number of hydrogen-bond acceptors (Lipinski definition) is 1. The minimum Gasteiger partial charge on any atom is -0.406 e. The van der Waals surface area contributed by atoms with Crippen LogP contribution in [0.25, 0.3) is 0 Å². The van der Waals surface area contributed by atoms with E-state index in [2.05, 4.69) is 4.74 Å². The van der Waals surface area contributed by atoms with Gasteiger partial charge in [0.05, 0.1) is 0 Å². The van der Waals surface area contributed by atoms with Crippen LogP contribution in [0, 0.1) is 11.2 Å². The van der Waals surface area contributed by atoms with Crippen molar-refractivity contribution in [1.29, 1.82) is 0 Å². The molecule has 0 aliphatic heterocycles. The third-order valence-electron chi connectivity index (χ3n) is 2.97. The summed E-state index contributed by atoms with van der Waals surface area (Å²) in [6.45, 7) is 7.47. The highest BCUT2D eigenvalue weighted by Gasteiger charge is 2.32. The summed E-state index contributed by atoms with van der Waals surface area (Å²) in [6, 6.07) is 3.08. The molecule has 0 aliphatic carbocycles. The van der Waals surface area contributed by atoms with Crippen LogP contribution in [0.3, 0.4) is 0 Å². The summed E-state index contributed by atoms with van der Waals surface area (Å²) < 4.78 is 53.7. The summed E-state index contributed by atoms with van der Waals surface area (Å²) in [7, 11) is 0. The Balaban J connectivity index is 3.09. The molecule has 0 saturated carbocycles. The van der Waals surface area contributed by atoms with Gasteiger partial charge in [-0.3, -0.25) is 0 Å². The maximum absolute atomic E-state index is 13.6. The van der Waals surface area contributed by atoms with Gasteiger partial charge in [0, 0.05) is 0 Å². The molecule has 0 saturated heterocycles. The molecule has 0 N–H and O–H groups in total. The highest BCUT2D eigenvalue weighted by molar-refractivity contribution is 5.33. The van der Waals surface area contributed by atoms with Gasteiger partial charge in [0.2, 0.25) is 0 Å². The smallest absolute Gasteiger partial charge is 0.406 e. The van der Waals surface area contributed by atoms with E-state index in [1.807, 2.05) is 20.8 Å². The van der Waals surface area contributed by atoms with E-state index in [1.54, 1.807) is 6.92 Å². The molecule has 1 unspecified atom stereocenters. The van der Waals surface area contributed by atoms with E-state index in [4.69, 9.17) is 0 Å². The Morgan fingerprint density at radius 3 is 2.11 bits per heavy atom. The first-order chi connectivity index (χ1) is 8.00. The Morgan fingerprint density at radius 1 is 1.11 bits per heavy atom. The van der Waals surface area contributed by atoms with Crippen molar-refractivity contribution in [3.05, 3.63) is 29.6 Å². The van der Waals surface area contributed by atoms with E-state index in [0.29, 0.717) is 0 Å². The molecular weight excluding hydrogens is 248 g/mol. The second-order valence-corrected chi connectivity index (χ2v) is 5.32. The molecule has 0 amide bonds. The van der Waals surface area contributed by atoms with Crippen molar-refractivity contribution in [3.8, 4) is 5.75 Å². The van der Waals surface area contributed by atoms with Crippen molar-refractivity contribution < 1.29 is 22.3 Å². The molecule has 0 radical (unpaired) electrons. The van der Waals surface area contributed by atoms with Crippen LogP contribution in [-0.2, 0) is 0 Å². The third kappa shape index (κ3) is 3.89. The third-order valence-corrected chi connectivity index (χ3v) is 2.97. The van der Waals surface area contributed by atoms with Gasteiger partial charge in [-0.15, -0.1) is 13.2 Å². The maximum Gasteiger partial charge on any atom is 0.573 e. The summed E-state index contributed by atoms with van der Waals surface area (Å²) in [5.74, 6) is -1.14. The van der Waals surface area contributed by atoms with Gasteiger partial charge in [-0.2, -0.15) is 0 Å². The fraction of sp³-hybridized carbons (Fsp3) is 0.538. The number of ether oxygens (including phenoxy) is 1. The second-order valence-electron chi connectivity index (χ2n) is 5.32. The predicted molar refractivity (Wildman–Crippen MR) is 61.0 cm³/mol. The van der Waals surface area contributed by atoms with Gasteiger partial charge < -0.3 is 4.74 Å². The van der Waals surface area contributed by atoms with Crippen molar-refractivity contribution >= 4 is 0 Å². The van der Waals surface area contributed by atoms with Gasteiger partial charge in [0.25, 0.3) is 0 Å². The van der Waals surface area contributed by atoms with E-state index < -0.39 is 17.9 Å². The van der Waals surface area contributed by atoms with Crippen LogP contribution in [0.2, 0.25) is 0 Å². The van der Waals surface area contributed by atoms with Crippen LogP contribution >= 0.6 is 0 Å². The molecule has 1 aromatic rings. The summed E-state index contributed by atoms with van der Waals surface area (Å²) in [5, 5.41) is 0. The summed E-state index contributed by atoms with van der Waals surface area (Å²) in [4.78, 5) is 0. The molecule has 1 aromatic carbocycles. The highest BCUT2D eigenvalue weighted by atomic mass is 19.4. The zero-order valence-electron chi connectivity index (χ0n) is 10.7. The van der Waals surface area contributed by atoms with Gasteiger partial charge in [-0.05, 0) is 35.1 Å². The maximum atomic E-state index is 13.6. The van der Waals surface area contributed by atoms with E-state index in [-0.39, 0.29) is 16.9 Å². The zero-order chi connectivity index (χ0) is 14.1. The topological polar surface area (TPSA) is 9.23 Å². The molecule has 0 aliphatic rings. The van der Waals surface area contributed by atoms with Gasteiger partial charge >= 0.3 is 6.36 Å². The van der Waals surface area contributed by atoms with E-state index in [1.165, 1.54) is 0 Å². The van der Waals surface area contributed by atoms with Crippen molar-refractivity contribution in [2.45, 2.75) is 40.0 Å². The Kier molecular flexibility index (Phi) is 3.93. The summed E-state index contributed by atoms with van der Waals surface area (Å²) >= 11 is 0. The SMILES string of the molecule is CC(c1cc(OC(F)(F)F)ccc1F)C(C)(C)C. The first-order valence-electron chi connectivity index (χ1n) is 5.56. The van der Waals surface area contributed by atoms with Crippen LogP contribution in [-0.4, -0.2) is 6.36 Å². The Hall–Kier alpha value is -1.26. The van der Waals surface area contributed by atoms with Crippen molar-refractivity contribution in [3.63, 3.8) is 0 Å². The largest absolute Gasteiger partial charge is 0.573 e. The van der Waals surface area contributed by atoms with Gasteiger partial charge in [-0.25, -0.2) is 4.39 Å². The molecule has 0 heterocycles. The Morgan fingerprint density at radius 2 is 1.67 bits per heavy atom. The molecule has 0 spiro atoms. The zero-order valence-corrected chi connectivity index (χ0v) is 10.7. The van der Waals surface area contributed by atoms with Gasteiger partial charge in [0.15, 0.2) is 0 Å². The van der Waals surface area contributed by atoms with Crippen molar-refractivity contribution in [2.75, 3.05) is 0 Å². The van der Waals surface area contributed by atoms with Crippen LogP contribution < -0.4 is 4.74 Å². The molecule has 0 aromatic heterocycles. The fourth-order valence-corrected chi connectivity index (χ4v) is 1.52. The minimum atomic E-state index is -4.76. The van der Waals surface area contributed by atoms with Crippen LogP contribution in [0.4, 0.5) is 17.6 Å². The van der Waals surface area contributed by atoms with E-state index in [9.17, 15) is 17.6 Å². The lowest BCUT2D eigenvalue weighted by Gasteiger charge is -2.28. The number of alkyl halides is 3. The standard InChI is InChI=1S/C13H16F4O/c1-8(12(2,3)4)10-7-9(5-6-11(10)14)18-13(15,16)17/h5-8H,1-4H3. The fourth-order valence-electron chi connectivity index (χ4n) is 1.52.